The Bertz CT molecular complexity index is 201. The number of piperidine rings is 1. The summed E-state index contributed by atoms with van der Waals surface area (Å²) >= 11 is 3.72. The van der Waals surface area contributed by atoms with Crippen molar-refractivity contribution in [2.24, 2.45) is 0 Å². The Morgan fingerprint density at radius 3 is 2.36 bits per heavy atom. The highest BCUT2D eigenvalue weighted by Crippen LogP contribution is 2.30. The van der Waals surface area contributed by atoms with Crippen LogP contribution in [0.4, 0.5) is 0 Å². The van der Waals surface area contributed by atoms with Crippen LogP contribution in [0.25, 0.3) is 0 Å². The molecule has 82 valence electrons. The second-order valence-corrected chi connectivity index (χ2v) is 6.44. The molecular formula is C11H21BrN2. The summed E-state index contributed by atoms with van der Waals surface area (Å²) in [6, 6.07) is 0. The van der Waals surface area contributed by atoms with Crippen LogP contribution in [0.2, 0.25) is 0 Å². The van der Waals surface area contributed by atoms with Gasteiger partial charge >= 0.3 is 0 Å². The molecule has 2 aliphatic heterocycles. The van der Waals surface area contributed by atoms with Crippen molar-refractivity contribution in [2.75, 3.05) is 33.2 Å². The standard InChI is InChI=1S/C11H21BrN2/c1-11(5-8-13(2)9-11)14-6-3-10(12)4-7-14/h10H,3-9H2,1-2H3. The van der Waals surface area contributed by atoms with E-state index in [4.69, 9.17) is 0 Å². The zero-order chi connectivity index (χ0) is 10.2. The molecule has 0 aromatic carbocycles. The van der Waals surface area contributed by atoms with Crippen LogP contribution in [-0.2, 0) is 0 Å². The first kappa shape index (κ1) is 10.9. The van der Waals surface area contributed by atoms with Crippen molar-refractivity contribution in [3.05, 3.63) is 0 Å². The zero-order valence-corrected chi connectivity index (χ0v) is 10.9. The fourth-order valence-corrected chi connectivity index (χ4v) is 3.23. The Morgan fingerprint density at radius 1 is 1.21 bits per heavy atom. The lowest BCUT2D eigenvalue weighted by Gasteiger charge is -2.42. The average molecular weight is 261 g/mol. The Kier molecular flexibility index (Phi) is 3.20. The molecule has 1 atom stereocenters. The highest BCUT2D eigenvalue weighted by atomic mass is 79.9. The number of hydrogen-bond donors (Lipinski definition) is 0. The van der Waals surface area contributed by atoms with Crippen LogP contribution >= 0.6 is 15.9 Å². The molecule has 14 heavy (non-hydrogen) atoms. The maximum atomic E-state index is 3.72. The van der Waals surface area contributed by atoms with Gasteiger partial charge in [-0.2, -0.15) is 0 Å². The van der Waals surface area contributed by atoms with Crippen molar-refractivity contribution in [1.82, 2.24) is 9.80 Å². The molecule has 3 heteroatoms. The smallest absolute Gasteiger partial charge is 0.0320 e. The van der Waals surface area contributed by atoms with E-state index in [0.29, 0.717) is 5.54 Å². The third kappa shape index (κ3) is 2.15. The van der Waals surface area contributed by atoms with Crippen LogP contribution < -0.4 is 0 Å². The van der Waals surface area contributed by atoms with E-state index < -0.39 is 0 Å². The molecule has 0 spiro atoms. The lowest BCUT2D eigenvalue weighted by molar-refractivity contribution is 0.0910. The molecule has 0 saturated carbocycles. The average Bonchev–Trinajstić information content (AvgIpc) is 2.48. The molecule has 2 nitrogen and oxygen atoms in total. The summed E-state index contributed by atoms with van der Waals surface area (Å²) in [4.78, 5) is 5.93. The number of halogens is 1. The number of likely N-dealkylation sites (N-methyl/N-ethyl adjacent to an activating group) is 1. The summed E-state index contributed by atoms with van der Waals surface area (Å²) in [5.41, 5.74) is 0.460. The molecular weight excluding hydrogens is 240 g/mol. The van der Waals surface area contributed by atoms with Crippen LogP contribution in [0.5, 0.6) is 0 Å². The number of rotatable bonds is 1. The third-order valence-corrected chi connectivity index (χ3v) is 4.75. The minimum absolute atomic E-state index is 0.460. The fourth-order valence-electron chi connectivity index (χ4n) is 2.82. The van der Waals surface area contributed by atoms with Crippen LogP contribution in [0.1, 0.15) is 26.2 Å². The Hall–Kier alpha value is 0.400. The molecule has 2 heterocycles. The summed E-state index contributed by atoms with van der Waals surface area (Å²) in [6.07, 6.45) is 3.98. The summed E-state index contributed by atoms with van der Waals surface area (Å²) in [7, 11) is 2.24. The second-order valence-electron chi connectivity index (χ2n) is 5.15. The van der Waals surface area contributed by atoms with Gasteiger partial charge in [0.05, 0.1) is 0 Å². The number of nitrogens with zero attached hydrogens (tertiary/aromatic N) is 2. The van der Waals surface area contributed by atoms with Crippen molar-refractivity contribution in [1.29, 1.82) is 0 Å². The molecule has 0 aromatic heterocycles. The molecule has 2 rings (SSSR count). The van der Waals surface area contributed by atoms with Crippen LogP contribution in [0.15, 0.2) is 0 Å². The SMILES string of the molecule is CN1CCC(C)(N2CCC(Br)CC2)C1. The van der Waals surface area contributed by atoms with Crippen molar-refractivity contribution < 1.29 is 0 Å². The van der Waals surface area contributed by atoms with E-state index in [1.54, 1.807) is 0 Å². The lowest BCUT2D eigenvalue weighted by atomic mass is 9.95. The van der Waals surface area contributed by atoms with Crippen molar-refractivity contribution in [3.63, 3.8) is 0 Å². The van der Waals surface area contributed by atoms with E-state index in [0.717, 1.165) is 4.83 Å². The second kappa shape index (κ2) is 4.11. The first-order valence-corrected chi connectivity index (χ1v) is 6.59. The van der Waals surface area contributed by atoms with Crippen LogP contribution in [0, 0.1) is 0 Å². The molecule has 0 bridgehead atoms. The van der Waals surface area contributed by atoms with Gasteiger partial charge in [0.1, 0.15) is 0 Å². The quantitative estimate of drug-likeness (QED) is 0.666. The molecule has 1 unspecified atom stereocenters. The van der Waals surface area contributed by atoms with Gasteiger partial charge in [0, 0.05) is 16.9 Å². The largest absolute Gasteiger partial charge is 0.304 e. The highest BCUT2D eigenvalue weighted by Gasteiger charge is 2.38. The van der Waals surface area contributed by atoms with E-state index in [1.165, 1.54) is 45.4 Å². The predicted molar refractivity (Wildman–Crippen MR) is 64.0 cm³/mol. The van der Waals surface area contributed by atoms with Gasteiger partial charge in [0.25, 0.3) is 0 Å². The van der Waals surface area contributed by atoms with Crippen molar-refractivity contribution in [3.8, 4) is 0 Å². The van der Waals surface area contributed by atoms with Crippen LogP contribution in [-0.4, -0.2) is 53.4 Å². The van der Waals surface area contributed by atoms with Crippen molar-refractivity contribution in [2.45, 2.75) is 36.6 Å². The maximum Gasteiger partial charge on any atom is 0.0320 e. The van der Waals surface area contributed by atoms with Gasteiger partial charge in [-0.1, -0.05) is 15.9 Å². The number of likely N-dealkylation sites (tertiary alicyclic amines) is 2. The number of hydrogen-bond acceptors (Lipinski definition) is 2. The highest BCUT2D eigenvalue weighted by molar-refractivity contribution is 9.09. The monoisotopic (exact) mass is 260 g/mol. The first-order valence-electron chi connectivity index (χ1n) is 5.68. The fraction of sp³-hybridized carbons (Fsp3) is 1.00. The van der Waals surface area contributed by atoms with Gasteiger partial charge in [0.2, 0.25) is 0 Å². The van der Waals surface area contributed by atoms with E-state index in [2.05, 4.69) is 39.7 Å². The van der Waals surface area contributed by atoms with Gasteiger partial charge in [-0.3, -0.25) is 4.90 Å². The van der Waals surface area contributed by atoms with E-state index in [-0.39, 0.29) is 0 Å². The normalized spacial score (nSPS) is 37.9. The summed E-state index contributed by atoms with van der Waals surface area (Å²) in [6.45, 7) is 7.51. The molecule has 0 amide bonds. The van der Waals surface area contributed by atoms with Gasteiger partial charge in [-0.25, -0.2) is 0 Å². The Labute approximate surface area is 95.8 Å². The maximum absolute atomic E-state index is 3.72. The summed E-state index contributed by atoms with van der Waals surface area (Å²) in [5.74, 6) is 0. The molecule has 0 N–H and O–H groups in total. The molecule has 2 aliphatic rings. The van der Waals surface area contributed by atoms with Gasteiger partial charge in [-0.05, 0) is 52.9 Å². The Morgan fingerprint density at radius 2 is 1.86 bits per heavy atom. The summed E-state index contributed by atoms with van der Waals surface area (Å²) < 4.78 is 0. The van der Waals surface area contributed by atoms with Gasteiger partial charge < -0.3 is 4.90 Å². The molecule has 2 saturated heterocycles. The minimum Gasteiger partial charge on any atom is -0.304 e. The summed E-state index contributed by atoms with van der Waals surface area (Å²) in [5, 5.41) is 0. The zero-order valence-electron chi connectivity index (χ0n) is 9.30. The molecule has 0 radical (unpaired) electrons. The van der Waals surface area contributed by atoms with Gasteiger partial charge in [0.15, 0.2) is 0 Å². The lowest BCUT2D eigenvalue weighted by Crippen LogP contribution is -2.51. The van der Waals surface area contributed by atoms with E-state index in [9.17, 15) is 0 Å². The molecule has 2 fully saturated rings. The third-order valence-electron chi connectivity index (χ3n) is 3.83. The first-order chi connectivity index (χ1) is 6.60. The van der Waals surface area contributed by atoms with Crippen molar-refractivity contribution >= 4 is 15.9 Å². The van der Waals surface area contributed by atoms with Gasteiger partial charge in [-0.15, -0.1) is 0 Å². The van der Waals surface area contributed by atoms with E-state index >= 15 is 0 Å². The minimum atomic E-state index is 0.460. The topological polar surface area (TPSA) is 6.48 Å². The number of alkyl halides is 1. The molecule has 0 aromatic rings. The Balaban J connectivity index is 1.94. The predicted octanol–water partition coefficient (Wildman–Crippen LogP) is 1.94. The molecule has 0 aliphatic carbocycles. The van der Waals surface area contributed by atoms with Crippen LogP contribution in [0.3, 0.4) is 0 Å². The van der Waals surface area contributed by atoms with E-state index in [1.807, 2.05) is 0 Å².